The van der Waals surface area contributed by atoms with E-state index in [1.807, 2.05) is 54.6 Å². The van der Waals surface area contributed by atoms with E-state index < -0.39 is 0 Å². The highest BCUT2D eigenvalue weighted by molar-refractivity contribution is 6.30. The van der Waals surface area contributed by atoms with Crippen molar-refractivity contribution in [3.8, 4) is 5.75 Å². The molecule has 0 saturated carbocycles. The van der Waals surface area contributed by atoms with Crippen molar-refractivity contribution in [1.82, 2.24) is 0 Å². The van der Waals surface area contributed by atoms with Crippen LogP contribution in [0.2, 0.25) is 5.02 Å². The molecule has 0 bridgehead atoms. The zero-order valence-corrected chi connectivity index (χ0v) is 13.5. The molecule has 0 unspecified atom stereocenters. The van der Waals surface area contributed by atoms with Crippen LogP contribution in [0.1, 0.15) is 11.1 Å². The van der Waals surface area contributed by atoms with Gasteiger partial charge in [0.1, 0.15) is 12.4 Å². The van der Waals surface area contributed by atoms with Crippen LogP contribution in [-0.4, -0.2) is 0 Å². The van der Waals surface area contributed by atoms with Gasteiger partial charge in [-0.05, 0) is 41.5 Å². The zero-order valence-electron chi connectivity index (χ0n) is 12.7. The van der Waals surface area contributed by atoms with E-state index in [1.54, 1.807) is 0 Å². The van der Waals surface area contributed by atoms with Crippen LogP contribution in [0.25, 0.3) is 0 Å². The molecule has 3 rings (SSSR count). The van der Waals surface area contributed by atoms with E-state index in [2.05, 4.69) is 29.6 Å². The second kappa shape index (κ2) is 7.70. The summed E-state index contributed by atoms with van der Waals surface area (Å²) in [6.07, 6.45) is 0. The van der Waals surface area contributed by atoms with E-state index in [-0.39, 0.29) is 0 Å². The Labute approximate surface area is 141 Å². The lowest BCUT2D eigenvalue weighted by atomic mass is 10.2. The van der Waals surface area contributed by atoms with Gasteiger partial charge in [-0.25, -0.2) is 0 Å². The minimum absolute atomic E-state index is 0.575. The standard InChI is InChI=1S/C20H18ClNO/c21-18-9-5-10-19(13-18)22-14-17-8-4-11-20(12-17)23-15-16-6-2-1-3-7-16/h1-13,22H,14-15H2. The van der Waals surface area contributed by atoms with Crippen molar-refractivity contribution in [3.05, 3.63) is 95.0 Å². The molecular weight excluding hydrogens is 306 g/mol. The van der Waals surface area contributed by atoms with Crippen LogP contribution in [0.15, 0.2) is 78.9 Å². The second-order valence-corrected chi connectivity index (χ2v) is 5.72. The molecule has 0 spiro atoms. The van der Waals surface area contributed by atoms with E-state index in [0.29, 0.717) is 6.61 Å². The van der Waals surface area contributed by atoms with Crippen molar-refractivity contribution >= 4 is 17.3 Å². The molecule has 3 aromatic rings. The molecule has 0 aliphatic rings. The molecule has 116 valence electrons. The van der Waals surface area contributed by atoms with Gasteiger partial charge in [0, 0.05) is 17.3 Å². The van der Waals surface area contributed by atoms with Crippen LogP contribution < -0.4 is 10.1 Å². The van der Waals surface area contributed by atoms with Crippen molar-refractivity contribution in [1.29, 1.82) is 0 Å². The number of anilines is 1. The van der Waals surface area contributed by atoms with Gasteiger partial charge in [0.2, 0.25) is 0 Å². The van der Waals surface area contributed by atoms with E-state index in [1.165, 1.54) is 0 Å². The molecule has 1 N–H and O–H groups in total. The third-order valence-electron chi connectivity index (χ3n) is 3.47. The predicted octanol–water partition coefficient (Wildman–Crippen LogP) is 5.53. The summed E-state index contributed by atoms with van der Waals surface area (Å²) in [6.45, 7) is 1.30. The van der Waals surface area contributed by atoms with E-state index in [0.717, 1.165) is 34.1 Å². The lowest BCUT2D eigenvalue weighted by molar-refractivity contribution is 0.306. The zero-order chi connectivity index (χ0) is 15.9. The predicted molar refractivity (Wildman–Crippen MR) is 96.0 cm³/mol. The van der Waals surface area contributed by atoms with Crippen LogP contribution in [0.4, 0.5) is 5.69 Å². The molecule has 0 radical (unpaired) electrons. The third-order valence-corrected chi connectivity index (χ3v) is 3.70. The Balaban J connectivity index is 1.59. The van der Waals surface area contributed by atoms with Crippen LogP contribution in [-0.2, 0) is 13.2 Å². The Morgan fingerprint density at radius 3 is 2.39 bits per heavy atom. The lowest BCUT2D eigenvalue weighted by Gasteiger charge is -2.10. The molecule has 0 aliphatic carbocycles. The summed E-state index contributed by atoms with van der Waals surface area (Å²) < 4.78 is 5.85. The second-order valence-electron chi connectivity index (χ2n) is 5.29. The topological polar surface area (TPSA) is 21.3 Å². The van der Waals surface area contributed by atoms with Crippen molar-refractivity contribution in [2.24, 2.45) is 0 Å². The highest BCUT2D eigenvalue weighted by Crippen LogP contribution is 2.18. The molecule has 0 amide bonds. The Hall–Kier alpha value is -2.45. The first-order chi connectivity index (χ1) is 11.3. The maximum Gasteiger partial charge on any atom is 0.120 e. The minimum atomic E-state index is 0.575. The van der Waals surface area contributed by atoms with Gasteiger partial charge < -0.3 is 10.1 Å². The van der Waals surface area contributed by atoms with Gasteiger partial charge in [-0.15, -0.1) is 0 Å². The van der Waals surface area contributed by atoms with Crippen LogP contribution >= 0.6 is 11.6 Å². The Morgan fingerprint density at radius 1 is 0.783 bits per heavy atom. The third kappa shape index (κ3) is 4.76. The van der Waals surface area contributed by atoms with Gasteiger partial charge >= 0.3 is 0 Å². The van der Waals surface area contributed by atoms with Gasteiger partial charge in [-0.1, -0.05) is 60.1 Å². The van der Waals surface area contributed by atoms with Crippen LogP contribution in [0.5, 0.6) is 5.75 Å². The summed E-state index contributed by atoms with van der Waals surface area (Å²) in [7, 11) is 0. The van der Waals surface area contributed by atoms with E-state index in [4.69, 9.17) is 16.3 Å². The van der Waals surface area contributed by atoms with Gasteiger partial charge in [0.15, 0.2) is 0 Å². The van der Waals surface area contributed by atoms with E-state index >= 15 is 0 Å². The van der Waals surface area contributed by atoms with Gasteiger partial charge in [0.05, 0.1) is 0 Å². The molecule has 23 heavy (non-hydrogen) atoms. The molecule has 0 heterocycles. The molecule has 0 aromatic heterocycles. The number of hydrogen-bond donors (Lipinski definition) is 1. The SMILES string of the molecule is Clc1cccc(NCc2cccc(OCc3ccccc3)c2)c1. The van der Waals surface area contributed by atoms with Crippen LogP contribution in [0, 0.1) is 0 Å². The first kappa shape index (κ1) is 15.4. The van der Waals surface area contributed by atoms with Crippen molar-refractivity contribution < 1.29 is 4.74 Å². The summed E-state index contributed by atoms with van der Waals surface area (Å²) in [5.41, 5.74) is 3.33. The Kier molecular flexibility index (Phi) is 5.17. The normalized spacial score (nSPS) is 10.3. The number of ether oxygens (including phenoxy) is 1. The minimum Gasteiger partial charge on any atom is -0.489 e. The summed E-state index contributed by atoms with van der Waals surface area (Å²) in [5, 5.41) is 4.09. The van der Waals surface area contributed by atoms with Crippen molar-refractivity contribution in [2.45, 2.75) is 13.2 Å². The average molecular weight is 324 g/mol. The number of halogens is 1. The van der Waals surface area contributed by atoms with Gasteiger partial charge in [0.25, 0.3) is 0 Å². The highest BCUT2D eigenvalue weighted by Gasteiger charge is 1.99. The Morgan fingerprint density at radius 2 is 1.57 bits per heavy atom. The largest absolute Gasteiger partial charge is 0.489 e. The quantitative estimate of drug-likeness (QED) is 0.644. The smallest absolute Gasteiger partial charge is 0.120 e. The highest BCUT2D eigenvalue weighted by atomic mass is 35.5. The summed E-state index contributed by atoms with van der Waals surface area (Å²) >= 11 is 5.99. The summed E-state index contributed by atoms with van der Waals surface area (Å²) in [5.74, 6) is 0.874. The van der Waals surface area contributed by atoms with Gasteiger partial charge in [-0.3, -0.25) is 0 Å². The van der Waals surface area contributed by atoms with E-state index in [9.17, 15) is 0 Å². The van der Waals surface area contributed by atoms with Crippen molar-refractivity contribution in [2.75, 3.05) is 5.32 Å². The molecule has 0 fully saturated rings. The maximum absolute atomic E-state index is 5.99. The molecule has 0 saturated heterocycles. The fraction of sp³-hybridized carbons (Fsp3) is 0.100. The number of hydrogen-bond acceptors (Lipinski definition) is 2. The van der Waals surface area contributed by atoms with Crippen molar-refractivity contribution in [3.63, 3.8) is 0 Å². The molecule has 0 atom stereocenters. The number of nitrogens with one attached hydrogen (secondary N) is 1. The molecule has 0 aliphatic heterocycles. The van der Waals surface area contributed by atoms with Gasteiger partial charge in [-0.2, -0.15) is 0 Å². The lowest BCUT2D eigenvalue weighted by Crippen LogP contribution is -2.00. The number of rotatable bonds is 6. The molecular formula is C20H18ClNO. The fourth-order valence-corrected chi connectivity index (χ4v) is 2.48. The summed E-state index contributed by atoms with van der Waals surface area (Å²) in [6, 6.07) is 26.0. The fourth-order valence-electron chi connectivity index (χ4n) is 2.29. The molecule has 3 heteroatoms. The average Bonchev–Trinajstić information content (AvgIpc) is 2.60. The molecule has 3 aromatic carbocycles. The number of benzene rings is 3. The maximum atomic E-state index is 5.99. The molecule has 2 nitrogen and oxygen atoms in total. The monoisotopic (exact) mass is 323 g/mol. The summed E-state index contributed by atoms with van der Waals surface area (Å²) in [4.78, 5) is 0. The van der Waals surface area contributed by atoms with Crippen LogP contribution in [0.3, 0.4) is 0 Å². The first-order valence-electron chi connectivity index (χ1n) is 7.55. The Bertz CT molecular complexity index is 758. The first-order valence-corrected chi connectivity index (χ1v) is 7.92.